The molecule has 0 saturated heterocycles. The summed E-state index contributed by atoms with van der Waals surface area (Å²) in [5.74, 6) is 1.15. The Hall–Kier alpha value is -1.73. The summed E-state index contributed by atoms with van der Waals surface area (Å²) >= 11 is 0. The lowest BCUT2D eigenvalue weighted by Gasteiger charge is -2.03. The normalized spacial score (nSPS) is 11.0. The number of furan rings is 1. The highest BCUT2D eigenvalue weighted by Gasteiger charge is 2.07. The van der Waals surface area contributed by atoms with Gasteiger partial charge in [0.15, 0.2) is 5.76 Å². The third-order valence-electron chi connectivity index (χ3n) is 2.53. The second-order valence-corrected chi connectivity index (χ2v) is 3.99. The molecule has 0 aromatic carbocycles. The van der Waals surface area contributed by atoms with Gasteiger partial charge in [0.05, 0.1) is 12.8 Å². The Bertz CT molecular complexity index is 454. The van der Waals surface area contributed by atoms with E-state index >= 15 is 0 Å². The SMILES string of the molecule is CCOCCCNCCn1nnc(-c2ccco2)n1. The zero-order chi connectivity index (χ0) is 13.3. The molecule has 0 aliphatic carbocycles. The largest absolute Gasteiger partial charge is 0.461 e. The fourth-order valence-corrected chi connectivity index (χ4v) is 1.59. The van der Waals surface area contributed by atoms with E-state index in [2.05, 4.69) is 20.7 Å². The van der Waals surface area contributed by atoms with Crippen molar-refractivity contribution in [2.45, 2.75) is 19.9 Å². The van der Waals surface area contributed by atoms with E-state index in [1.54, 1.807) is 17.1 Å². The first-order valence-corrected chi connectivity index (χ1v) is 6.50. The van der Waals surface area contributed by atoms with Crippen LogP contribution < -0.4 is 5.32 Å². The van der Waals surface area contributed by atoms with Crippen molar-refractivity contribution in [1.82, 2.24) is 25.5 Å². The maximum Gasteiger partial charge on any atom is 0.240 e. The van der Waals surface area contributed by atoms with Crippen LogP contribution in [0.1, 0.15) is 13.3 Å². The molecule has 0 aliphatic rings. The van der Waals surface area contributed by atoms with Gasteiger partial charge in [-0.2, -0.15) is 4.80 Å². The van der Waals surface area contributed by atoms with Crippen LogP contribution in [-0.4, -0.2) is 46.5 Å². The number of nitrogens with one attached hydrogen (secondary N) is 1. The Morgan fingerprint density at radius 2 is 2.37 bits per heavy atom. The molecule has 19 heavy (non-hydrogen) atoms. The molecule has 0 spiro atoms. The van der Waals surface area contributed by atoms with Crippen LogP contribution in [0.25, 0.3) is 11.6 Å². The van der Waals surface area contributed by atoms with Gasteiger partial charge in [0.1, 0.15) is 0 Å². The van der Waals surface area contributed by atoms with Crippen LogP contribution >= 0.6 is 0 Å². The predicted molar refractivity (Wildman–Crippen MR) is 69.5 cm³/mol. The van der Waals surface area contributed by atoms with E-state index in [-0.39, 0.29) is 0 Å². The minimum Gasteiger partial charge on any atom is -0.461 e. The van der Waals surface area contributed by atoms with Crippen LogP contribution in [0, 0.1) is 0 Å². The summed E-state index contributed by atoms with van der Waals surface area (Å²) in [6.45, 7) is 5.99. The van der Waals surface area contributed by atoms with E-state index < -0.39 is 0 Å². The first-order valence-electron chi connectivity index (χ1n) is 6.50. The van der Waals surface area contributed by atoms with Crippen LogP contribution in [0.15, 0.2) is 22.8 Å². The van der Waals surface area contributed by atoms with Crippen molar-refractivity contribution in [3.05, 3.63) is 18.4 Å². The summed E-state index contributed by atoms with van der Waals surface area (Å²) in [6, 6.07) is 3.61. The van der Waals surface area contributed by atoms with Crippen molar-refractivity contribution in [2.75, 3.05) is 26.3 Å². The summed E-state index contributed by atoms with van der Waals surface area (Å²) in [5, 5.41) is 15.4. The highest BCUT2D eigenvalue weighted by Crippen LogP contribution is 2.12. The minimum atomic E-state index is 0.515. The van der Waals surface area contributed by atoms with Crippen molar-refractivity contribution in [1.29, 1.82) is 0 Å². The molecule has 0 aliphatic heterocycles. The highest BCUT2D eigenvalue weighted by molar-refractivity contribution is 5.43. The Labute approximate surface area is 111 Å². The summed E-state index contributed by atoms with van der Waals surface area (Å²) < 4.78 is 10.5. The van der Waals surface area contributed by atoms with Crippen LogP contribution in [-0.2, 0) is 11.3 Å². The molecule has 2 rings (SSSR count). The van der Waals surface area contributed by atoms with E-state index in [1.807, 2.05) is 13.0 Å². The number of nitrogens with zero attached hydrogens (tertiary/aromatic N) is 4. The molecule has 104 valence electrons. The zero-order valence-corrected chi connectivity index (χ0v) is 11.1. The average molecular weight is 265 g/mol. The average Bonchev–Trinajstić information content (AvgIpc) is 3.08. The summed E-state index contributed by atoms with van der Waals surface area (Å²) in [6.07, 6.45) is 2.60. The zero-order valence-electron chi connectivity index (χ0n) is 11.1. The lowest BCUT2D eigenvalue weighted by Crippen LogP contribution is -2.23. The molecule has 0 atom stereocenters. The number of aromatic nitrogens is 4. The van der Waals surface area contributed by atoms with Crippen molar-refractivity contribution in [3.63, 3.8) is 0 Å². The van der Waals surface area contributed by atoms with Crippen molar-refractivity contribution in [2.24, 2.45) is 0 Å². The third kappa shape index (κ3) is 4.46. The van der Waals surface area contributed by atoms with Crippen molar-refractivity contribution >= 4 is 0 Å². The first-order chi connectivity index (χ1) is 9.40. The summed E-state index contributed by atoms with van der Waals surface area (Å²) in [7, 11) is 0. The number of hydrogen-bond donors (Lipinski definition) is 1. The molecule has 1 N–H and O–H groups in total. The lowest BCUT2D eigenvalue weighted by atomic mass is 10.4. The predicted octanol–water partition coefficient (Wildman–Crippen LogP) is 0.949. The van der Waals surface area contributed by atoms with Crippen LogP contribution in [0.4, 0.5) is 0 Å². The molecule has 0 radical (unpaired) electrons. The molecule has 7 heteroatoms. The molecular weight excluding hydrogens is 246 g/mol. The second-order valence-electron chi connectivity index (χ2n) is 3.99. The Morgan fingerprint density at radius 3 is 3.16 bits per heavy atom. The van der Waals surface area contributed by atoms with Crippen molar-refractivity contribution in [3.8, 4) is 11.6 Å². The van der Waals surface area contributed by atoms with E-state index in [1.165, 1.54) is 0 Å². The number of ether oxygens (including phenoxy) is 1. The van der Waals surface area contributed by atoms with Crippen LogP contribution in [0.5, 0.6) is 0 Å². The molecule has 2 heterocycles. The monoisotopic (exact) mass is 265 g/mol. The van der Waals surface area contributed by atoms with Gasteiger partial charge in [-0.3, -0.25) is 0 Å². The quantitative estimate of drug-likeness (QED) is 0.680. The molecule has 7 nitrogen and oxygen atoms in total. The first kappa shape index (κ1) is 13.7. The smallest absolute Gasteiger partial charge is 0.240 e. The molecule has 2 aromatic heterocycles. The van der Waals surface area contributed by atoms with Gasteiger partial charge in [-0.25, -0.2) is 0 Å². The van der Waals surface area contributed by atoms with Gasteiger partial charge in [-0.05, 0) is 37.2 Å². The van der Waals surface area contributed by atoms with E-state index in [4.69, 9.17) is 9.15 Å². The van der Waals surface area contributed by atoms with Crippen LogP contribution in [0.2, 0.25) is 0 Å². The van der Waals surface area contributed by atoms with Gasteiger partial charge in [0.25, 0.3) is 0 Å². The molecule has 0 unspecified atom stereocenters. The van der Waals surface area contributed by atoms with Crippen molar-refractivity contribution < 1.29 is 9.15 Å². The number of tetrazole rings is 1. The standard InChI is InChI=1S/C12H19N5O2/c1-2-18-9-4-6-13-7-8-17-15-12(14-16-17)11-5-3-10-19-11/h3,5,10,13H,2,4,6-9H2,1H3. The van der Waals surface area contributed by atoms with Gasteiger partial charge in [0.2, 0.25) is 5.82 Å². The molecule has 0 fully saturated rings. The second kappa shape index (κ2) is 7.65. The summed E-state index contributed by atoms with van der Waals surface area (Å²) in [5.41, 5.74) is 0. The maximum atomic E-state index is 5.25. The minimum absolute atomic E-state index is 0.515. The molecular formula is C12H19N5O2. The fourth-order valence-electron chi connectivity index (χ4n) is 1.59. The molecule has 2 aromatic rings. The van der Waals surface area contributed by atoms with E-state index in [0.717, 1.165) is 32.7 Å². The number of hydrogen-bond acceptors (Lipinski definition) is 6. The van der Waals surface area contributed by atoms with Gasteiger partial charge in [0, 0.05) is 19.8 Å². The summed E-state index contributed by atoms with van der Waals surface area (Å²) in [4.78, 5) is 1.56. The Kier molecular flexibility index (Phi) is 5.51. The lowest BCUT2D eigenvalue weighted by molar-refractivity contribution is 0.144. The van der Waals surface area contributed by atoms with Crippen LogP contribution in [0.3, 0.4) is 0 Å². The highest BCUT2D eigenvalue weighted by atomic mass is 16.5. The van der Waals surface area contributed by atoms with E-state index in [9.17, 15) is 0 Å². The van der Waals surface area contributed by atoms with Gasteiger partial charge >= 0.3 is 0 Å². The topological polar surface area (TPSA) is 78.0 Å². The van der Waals surface area contributed by atoms with Gasteiger partial charge in [-0.1, -0.05) is 0 Å². The fraction of sp³-hybridized carbons (Fsp3) is 0.583. The number of rotatable bonds is 9. The third-order valence-corrected chi connectivity index (χ3v) is 2.53. The Morgan fingerprint density at radius 1 is 1.42 bits per heavy atom. The molecule has 0 amide bonds. The van der Waals surface area contributed by atoms with Gasteiger partial charge < -0.3 is 14.5 Å². The molecule has 0 saturated carbocycles. The van der Waals surface area contributed by atoms with Gasteiger partial charge in [-0.15, -0.1) is 10.2 Å². The maximum absolute atomic E-state index is 5.25. The Balaban J connectivity index is 1.64. The molecule has 0 bridgehead atoms. The van der Waals surface area contributed by atoms with E-state index in [0.29, 0.717) is 18.1 Å².